The number of carbonyl (C=O) groups excluding carboxylic acids is 1. The van der Waals surface area contributed by atoms with Crippen molar-refractivity contribution in [2.75, 3.05) is 13.1 Å². The Morgan fingerprint density at radius 3 is 2.64 bits per heavy atom. The first kappa shape index (κ1) is 16.3. The van der Waals surface area contributed by atoms with Crippen LogP contribution in [0.3, 0.4) is 0 Å². The van der Waals surface area contributed by atoms with Crippen LogP contribution in [0, 0.1) is 31.6 Å². The van der Waals surface area contributed by atoms with E-state index in [9.17, 15) is 14.7 Å². The van der Waals surface area contributed by atoms with Gasteiger partial charge >= 0.3 is 5.97 Å². The number of aliphatic carboxylic acids is 1. The Morgan fingerprint density at radius 1 is 1.28 bits per heavy atom. The number of amides is 1. The average Bonchev–Trinajstić information content (AvgIpc) is 2.99. The Kier molecular flexibility index (Phi) is 3.91. The third-order valence-electron chi connectivity index (χ3n) is 5.14. The minimum atomic E-state index is -0.792. The van der Waals surface area contributed by atoms with Gasteiger partial charge in [-0.3, -0.25) is 9.59 Å². The van der Waals surface area contributed by atoms with Crippen LogP contribution in [0.15, 0.2) is 16.5 Å². The molecule has 25 heavy (non-hydrogen) atoms. The second kappa shape index (κ2) is 5.98. The largest absolute Gasteiger partial charge is 0.481 e. The van der Waals surface area contributed by atoms with Crippen molar-refractivity contribution in [3.63, 3.8) is 0 Å². The van der Waals surface area contributed by atoms with Crippen LogP contribution in [-0.2, 0) is 4.79 Å². The second-order valence-corrected chi connectivity index (χ2v) is 8.00. The molecule has 4 rings (SSSR count). The first-order chi connectivity index (χ1) is 11.9. The summed E-state index contributed by atoms with van der Waals surface area (Å²) in [5.74, 6) is 0.651. The molecule has 1 saturated heterocycles. The zero-order valence-corrected chi connectivity index (χ0v) is 15.0. The van der Waals surface area contributed by atoms with Crippen LogP contribution in [-0.4, -0.2) is 40.0 Å². The smallest absolute Gasteiger partial charge is 0.308 e. The standard InChI is InChI=1S/C18H20N2O4S/c1-9-3-6-14(24-9)16-19-10(2)15(25-16)17(21)20-7-12(11-4-5-11)13(8-20)18(22)23/h3,6,11-13H,4-5,7-8H2,1-2H3,(H,22,23)/t12-,13+/m1/s1. The van der Waals surface area contributed by atoms with Crippen LogP contribution < -0.4 is 0 Å². The lowest BCUT2D eigenvalue weighted by Crippen LogP contribution is -2.29. The van der Waals surface area contributed by atoms with E-state index in [1.54, 1.807) is 4.90 Å². The van der Waals surface area contributed by atoms with Crippen molar-refractivity contribution < 1.29 is 19.1 Å². The zero-order valence-electron chi connectivity index (χ0n) is 14.2. The molecule has 1 saturated carbocycles. The van der Waals surface area contributed by atoms with E-state index in [0.29, 0.717) is 40.3 Å². The van der Waals surface area contributed by atoms with Gasteiger partial charge in [-0.05, 0) is 50.7 Å². The van der Waals surface area contributed by atoms with E-state index in [-0.39, 0.29) is 11.8 Å². The summed E-state index contributed by atoms with van der Waals surface area (Å²) in [6, 6.07) is 3.72. The van der Waals surface area contributed by atoms with E-state index in [4.69, 9.17) is 4.42 Å². The number of carboxylic acid groups (broad SMARTS) is 1. The highest BCUT2D eigenvalue weighted by atomic mass is 32.1. The molecule has 132 valence electrons. The number of likely N-dealkylation sites (tertiary alicyclic amines) is 1. The molecule has 1 N–H and O–H groups in total. The summed E-state index contributed by atoms with van der Waals surface area (Å²) in [4.78, 5) is 31.2. The first-order valence-electron chi connectivity index (χ1n) is 8.50. The van der Waals surface area contributed by atoms with Gasteiger partial charge in [0, 0.05) is 13.1 Å². The fourth-order valence-corrected chi connectivity index (χ4v) is 4.65. The third-order valence-corrected chi connectivity index (χ3v) is 6.30. The molecule has 2 aromatic heterocycles. The van der Waals surface area contributed by atoms with E-state index in [1.165, 1.54) is 11.3 Å². The SMILES string of the molecule is Cc1ccc(-c2nc(C)c(C(=O)N3C[C@H](C(=O)O)[C@@H](C4CC4)C3)s2)o1. The second-order valence-electron chi connectivity index (χ2n) is 7.00. The highest BCUT2D eigenvalue weighted by Gasteiger charge is 2.47. The maximum Gasteiger partial charge on any atom is 0.308 e. The molecule has 3 heterocycles. The van der Waals surface area contributed by atoms with Crippen molar-refractivity contribution in [1.82, 2.24) is 9.88 Å². The van der Waals surface area contributed by atoms with Crippen molar-refractivity contribution >= 4 is 23.2 Å². The molecule has 6 nitrogen and oxygen atoms in total. The summed E-state index contributed by atoms with van der Waals surface area (Å²) in [6.45, 7) is 4.51. The summed E-state index contributed by atoms with van der Waals surface area (Å²) in [7, 11) is 0. The fraction of sp³-hybridized carbons (Fsp3) is 0.500. The average molecular weight is 360 g/mol. The Labute approximate surface area is 149 Å². The predicted molar refractivity (Wildman–Crippen MR) is 92.5 cm³/mol. The van der Waals surface area contributed by atoms with Gasteiger partial charge in [-0.15, -0.1) is 11.3 Å². The number of aromatic nitrogens is 1. The van der Waals surface area contributed by atoms with Crippen LogP contribution in [0.25, 0.3) is 10.8 Å². The summed E-state index contributed by atoms with van der Waals surface area (Å²) in [5, 5.41) is 10.2. The molecule has 0 bridgehead atoms. The molecule has 2 aliphatic rings. The van der Waals surface area contributed by atoms with Crippen molar-refractivity contribution in [2.24, 2.45) is 17.8 Å². The van der Waals surface area contributed by atoms with Gasteiger partial charge in [0.2, 0.25) is 0 Å². The maximum atomic E-state index is 12.9. The fourth-order valence-electron chi connectivity index (χ4n) is 3.65. The molecule has 0 spiro atoms. The molecule has 0 unspecified atom stereocenters. The molecule has 2 atom stereocenters. The monoisotopic (exact) mass is 360 g/mol. The number of nitrogens with zero attached hydrogens (tertiary/aromatic N) is 2. The lowest BCUT2D eigenvalue weighted by molar-refractivity contribution is -0.142. The first-order valence-corrected chi connectivity index (χ1v) is 9.32. The molecule has 2 fully saturated rings. The van der Waals surface area contributed by atoms with Gasteiger partial charge in [0.15, 0.2) is 10.8 Å². The molecule has 1 aliphatic carbocycles. The van der Waals surface area contributed by atoms with E-state index in [0.717, 1.165) is 18.6 Å². The van der Waals surface area contributed by atoms with E-state index >= 15 is 0 Å². The number of hydrogen-bond donors (Lipinski definition) is 1. The summed E-state index contributed by atoms with van der Waals surface area (Å²) >= 11 is 1.31. The quantitative estimate of drug-likeness (QED) is 0.905. The Hall–Kier alpha value is -2.15. The Morgan fingerprint density at radius 2 is 2.04 bits per heavy atom. The zero-order chi connectivity index (χ0) is 17.7. The van der Waals surface area contributed by atoms with Crippen molar-refractivity contribution in [2.45, 2.75) is 26.7 Å². The Balaban J connectivity index is 1.57. The topological polar surface area (TPSA) is 83.6 Å². The van der Waals surface area contributed by atoms with Crippen molar-refractivity contribution in [1.29, 1.82) is 0 Å². The number of furan rings is 1. The van der Waals surface area contributed by atoms with Gasteiger partial charge in [-0.2, -0.15) is 0 Å². The van der Waals surface area contributed by atoms with Crippen molar-refractivity contribution in [3.05, 3.63) is 28.5 Å². The molecule has 7 heteroatoms. The predicted octanol–water partition coefficient (Wildman–Crippen LogP) is 3.20. The third kappa shape index (κ3) is 2.97. The summed E-state index contributed by atoms with van der Waals surface area (Å²) in [6.07, 6.45) is 2.16. The van der Waals surface area contributed by atoms with Gasteiger partial charge in [-0.25, -0.2) is 4.98 Å². The molecule has 1 aliphatic heterocycles. The number of carboxylic acids is 1. The minimum absolute atomic E-state index is 0.0851. The highest BCUT2D eigenvalue weighted by Crippen LogP contribution is 2.44. The van der Waals surface area contributed by atoms with Gasteiger partial charge < -0.3 is 14.4 Å². The lowest BCUT2D eigenvalue weighted by Gasteiger charge is -2.15. The molecule has 2 aromatic rings. The van der Waals surface area contributed by atoms with Gasteiger partial charge in [-0.1, -0.05) is 0 Å². The summed E-state index contributed by atoms with van der Waals surface area (Å²) < 4.78 is 5.59. The number of rotatable bonds is 4. The number of hydrogen-bond acceptors (Lipinski definition) is 5. The van der Waals surface area contributed by atoms with Crippen LogP contribution in [0.4, 0.5) is 0 Å². The molecular weight excluding hydrogens is 340 g/mol. The molecule has 1 amide bonds. The van der Waals surface area contributed by atoms with Gasteiger partial charge in [0.05, 0.1) is 11.6 Å². The normalized spacial score (nSPS) is 23.2. The van der Waals surface area contributed by atoms with E-state index in [1.807, 2.05) is 26.0 Å². The van der Waals surface area contributed by atoms with Crippen LogP contribution >= 0.6 is 11.3 Å². The molecule has 0 radical (unpaired) electrons. The maximum absolute atomic E-state index is 12.9. The van der Waals surface area contributed by atoms with Gasteiger partial charge in [0.1, 0.15) is 10.6 Å². The highest BCUT2D eigenvalue weighted by molar-refractivity contribution is 7.17. The summed E-state index contributed by atoms with van der Waals surface area (Å²) in [5.41, 5.74) is 0.667. The van der Waals surface area contributed by atoms with Crippen LogP contribution in [0.5, 0.6) is 0 Å². The van der Waals surface area contributed by atoms with E-state index < -0.39 is 11.9 Å². The van der Waals surface area contributed by atoms with Crippen LogP contribution in [0.2, 0.25) is 0 Å². The van der Waals surface area contributed by atoms with Crippen molar-refractivity contribution in [3.8, 4) is 10.8 Å². The minimum Gasteiger partial charge on any atom is -0.481 e. The number of thiazole rings is 1. The number of aryl methyl sites for hydroxylation is 2. The molecule has 0 aromatic carbocycles. The number of carbonyl (C=O) groups is 2. The Bertz CT molecular complexity index is 836. The van der Waals surface area contributed by atoms with E-state index in [2.05, 4.69) is 4.98 Å². The molecular formula is C18H20N2O4S. The lowest BCUT2D eigenvalue weighted by atomic mass is 9.92. The van der Waals surface area contributed by atoms with Gasteiger partial charge in [0.25, 0.3) is 5.91 Å². The van der Waals surface area contributed by atoms with Crippen LogP contribution in [0.1, 0.15) is 34.0 Å².